The van der Waals surface area contributed by atoms with Gasteiger partial charge in [-0.2, -0.15) is 0 Å². The molecule has 2 aromatic rings. The van der Waals surface area contributed by atoms with Crippen molar-refractivity contribution in [1.82, 2.24) is 0 Å². The Balaban J connectivity index is 1.62. The van der Waals surface area contributed by atoms with E-state index in [4.69, 9.17) is 11.6 Å². The van der Waals surface area contributed by atoms with E-state index in [1.165, 1.54) is 25.1 Å². The zero-order chi connectivity index (χ0) is 23.4. The molecule has 172 valence electrons. The van der Waals surface area contributed by atoms with E-state index >= 15 is 0 Å². The van der Waals surface area contributed by atoms with Crippen molar-refractivity contribution in [2.24, 2.45) is 11.8 Å². The molecule has 4 rings (SSSR count). The van der Waals surface area contributed by atoms with Gasteiger partial charge in [0.2, 0.25) is 0 Å². The topological polar surface area (TPSA) is 83.5 Å². The number of fused-ring (bicyclic) bond motifs is 2. The highest BCUT2D eigenvalue weighted by Gasteiger charge is 2.53. The minimum absolute atomic E-state index is 0.00948. The number of carbonyl (C=O) groups excluding carboxylic acids is 1. The van der Waals surface area contributed by atoms with Gasteiger partial charge in [0.15, 0.2) is 21.5 Å². The maximum Gasteiger partial charge on any atom is 0.255 e. The van der Waals surface area contributed by atoms with Crippen LogP contribution in [0.4, 0.5) is 14.5 Å². The van der Waals surface area contributed by atoms with Crippen LogP contribution in [0.1, 0.15) is 48.5 Å². The summed E-state index contributed by atoms with van der Waals surface area (Å²) in [6.07, 6.45) is 2.25. The van der Waals surface area contributed by atoms with Gasteiger partial charge in [0.1, 0.15) is 0 Å². The highest BCUT2D eigenvalue weighted by Crippen LogP contribution is 2.51. The third-order valence-electron chi connectivity index (χ3n) is 7.07. The minimum Gasteiger partial charge on any atom is -0.390 e. The van der Waals surface area contributed by atoms with Gasteiger partial charge in [-0.05, 0) is 81.2 Å². The molecule has 3 unspecified atom stereocenters. The first kappa shape index (κ1) is 23.1. The summed E-state index contributed by atoms with van der Waals surface area (Å²) >= 11 is 6.22. The number of aryl methyl sites for hydroxylation is 1. The molecular formula is C23H24ClF2NO4S. The van der Waals surface area contributed by atoms with Crippen molar-refractivity contribution in [2.45, 2.75) is 55.3 Å². The summed E-state index contributed by atoms with van der Waals surface area (Å²) in [6.45, 7) is 3.29. The van der Waals surface area contributed by atoms with E-state index < -0.39 is 38.2 Å². The highest BCUT2D eigenvalue weighted by atomic mass is 35.5. The van der Waals surface area contributed by atoms with E-state index in [9.17, 15) is 27.1 Å². The molecule has 0 radical (unpaired) electrons. The molecule has 0 heterocycles. The van der Waals surface area contributed by atoms with Crippen molar-refractivity contribution >= 4 is 33.0 Å². The number of halogens is 3. The van der Waals surface area contributed by atoms with Crippen LogP contribution in [0.25, 0.3) is 0 Å². The number of aliphatic hydroxyl groups is 1. The Bertz CT molecular complexity index is 1180. The molecule has 9 heteroatoms. The van der Waals surface area contributed by atoms with Gasteiger partial charge in [0.25, 0.3) is 5.91 Å². The largest absolute Gasteiger partial charge is 0.390 e. The second-order valence-corrected chi connectivity index (χ2v) is 11.6. The molecule has 4 atom stereocenters. The van der Waals surface area contributed by atoms with Crippen molar-refractivity contribution in [3.8, 4) is 0 Å². The molecule has 0 saturated heterocycles. The Kier molecular flexibility index (Phi) is 5.84. The van der Waals surface area contributed by atoms with E-state index in [1.54, 1.807) is 6.92 Å². The maximum absolute atomic E-state index is 13.6. The molecule has 2 aliphatic carbocycles. The lowest BCUT2D eigenvalue weighted by molar-refractivity contribution is -0.0413. The average Bonchev–Trinajstić information content (AvgIpc) is 2.88. The number of hydrogen-bond donors (Lipinski definition) is 2. The SMILES string of the molecule is Cc1cc(F)c(F)cc1NC(=O)c1ccc(Cl)c(S(=O)(=O)C2CC3CC[C@@H](C2)C3(C)O)c1. The minimum atomic E-state index is -3.85. The van der Waals surface area contributed by atoms with Gasteiger partial charge < -0.3 is 10.4 Å². The van der Waals surface area contributed by atoms with Gasteiger partial charge in [0, 0.05) is 17.3 Å². The molecule has 0 aliphatic heterocycles. The number of sulfone groups is 1. The molecule has 2 N–H and O–H groups in total. The van der Waals surface area contributed by atoms with E-state index in [1.807, 2.05) is 0 Å². The lowest BCUT2D eigenvalue weighted by Crippen LogP contribution is -2.45. The first-order valence-electron chi connectivity index (χ1n) is 10.4. The summed E-state index contributed by atoms with van der Waals surface area (Å²) in [4.78, 5) is 12.6. The standard InChI is InChI=1S/C23H24ClF2NO4S/c1-12-7-18(25)19(26)11-20(12)27-22(28)13-3-6-17(24)21(8-13)32(30,31)16-9-14-4-5-15(10-16)23(14,2)29/h3,6-8,11,14-16,29H,4-5,9-10H2,1-2H3,(H,27,28)/t14-,15?,16?,23?/m0/s1. The second kappa shape index (κ2) is 8.08. The van der Waals surface area contributed by atoms with Gasteiger partial charge in [-0.1, -0.05) is 11.6 Å². The summed E-state index contributed by atoms with van der Waals surface area (Å²) in [6, 6.07) is 5.78. The normalized spacial score (nSPS) is 27.4. The molecule has 0 aromatic heterocycles. The summed E-state index contributed by atoms with van der Waals surface area (Å²) in [5.41, 5.74) is -0.425. The van der Waals surface area contributed by atoms with Gasteiger partial charge in [0.05, 0.1) is 20.8 Å². The molecule has 2 aliphatic rings. The third-order valence-corrected chi connectivity index (χ3v) is 9.72. The summed E-state index contributed by atoms with van der Waals surface area (Å²) in [5.74, 6) is -2.99. The molecule has 0 spiro atoms. The van der Waals surface area contributed by atoms with Crippen LogP contribution in [0.2, 0.25) is 5.02 Å². The van der Waals surface area contributed by atoms with Crippen molar-refractivity contribution in [1.29, 1.82) is 0 Å². The Morgan fingerprint density at radius 3 is 2.34 bits per heavy atom. The lowest BCUT2D eigenvalue weighted by Gasteiger charge is -2.40. The highest BCUT2D eigenvalue weighted by molar-refractivity contribution is 7.92. The first-order valence-corrected chi connectivity index (χ1v) is 12.4. The zero-order valence-electron chi connectivity index (χ0n) is 17.7. The smallest absolute Gasteiger partial charge is 0.255 e. The fraction of sp³-hybridized carbons (Fsp3) is 0.435. The van der Waals surface area contributed by atoms with Crippen molar-refractivity contribution in [3.05, 3.63) is 58.1 Å². The van der Waals surface area contributed by atoms with Crippen molar-refractivity contribution in [2.75, 3.05) is 5.32 Å². The Morgan fingerprint density at radius 1 is 1.12 bits per heavy atom. The van der Waals surface area contributed by atoms with Crippen LogP contribution in [0, 0.1) is 30.4 Å². The van der Waals surface area contributed by atoms with Gasteiger partial charge in [-0.25, -0.2) is 17.2 Å². The van der Waals surface area contributed by atoms with Crippen LogP contribution >= 0.6 is 11.6 Å². The average molecular weight is 484 g/mol. The Hall–Kier alpha value is -2.03. The van der Waals surface area contributed by atoms with Crippen molar-refractivity contribution < 1.29 is 27.1 Å². The summed E-state index contributed by atoms with van der Waals surface area (Å²) in [5, 5.41) is 12.5. The van der Waals surface area contributed by atoms with E-state index in [0.29, 0.717) is 18.4 Å². The van der Waals surface area contributed by atoms with Crippen LogP contribution in [0.3, 0.4) is 0 Å². The maximum atomic E-state index is 13.6. The van der Waals surface area contributed by atoms with Crippen LogP contribution in [0.5, 0.6) is 0 Å². The number of nitrogens with one attached hydrogen (secondary N) is 1. The quantitative estimate of drug-likeness (QED) is 0.648. The van der Waals surface area contributed by atoms with E-state index in [-0.39, 0.29) is 33.0 Å². The molecule has 5 nitrogen and oxygen atoms in total. The molecule has 32 heavy (non-hydrogen) atoms. The Labute approximate surface area is 190 Å². The number of rotatable bonds is 4. The molecule has 2 fully saturated rings. The molecule has 2 bridgehead atoms. The second-order valence-electron chi connectivity index (χ2n) is 9.02. The van der Waals surface area contributed by atoms with E-state index in [2.05, 4.69) is 5.32 Å². The fourth-order valence-electron chi connectivity index (χ4n) is 5.03. The Morgan fingerprint density at radius 2 is 1.72 bits per heavy atom. The summed E-state index contributed by atoms with van der Waals surface area (Å²) in [7, 11) is -3.85. The molecule has 1 amide bonds. The van der Waals surface area contributed by atoms with E-state index in [0.717, 1.165) is 25.0 Å². The predicted molar refractivity (Wildman–Crippen MR) is 118 cm³/mol. The lowest BCUT2D eigenvalue weighted by atomic mass is 9.76. The molecule has 2 aromatic carbocycles. The fourth-order valence-corrected chi connectivity index (χ4v) is 7.44. The number of hydrogen-bond acceptors (Lipinski definition) is 4. The van der Waals surface area contributed by atoms with Crippen LogP contribution < -0.4 is 5.32 Å². The molecular weight excluding hydrogens is 460 g/mol. The van der Waals surface area contributed by atoms with Gasteiger partial charge in [-0.3, -0.25) is 4.79 Å². The number of carbonyl (C=O) groups is 1. The molecule has 2 saturated carbocycles. The monoisotopic (exact) mass is 483 g/mol. The van der Waals surface area contributed by atoms with Gasteiger partial charge >= 0.3 is 0 Å². The third kappa shape index (κ3) is 3.93. The number of anilines is 1. The van der Waals surface area contributed by atoms with Crippen molar-refractivity contribution in [3.63, 3.8) is 0 Å². The summed E-state index contributed by atoms with van der Waals surface area (Å²) < 4.78 is 53.8. The van der Waals surface area contributed by atoms with Crippen LogP contribution in [-0.4, -0.2) is 30.3 Å². The number of amides is 1. The van der Waals surface area contributed by atoms with Crippen LogP contribution in [-0.2, 0) is 9.84 Å². The van der Waals surface area contributed by atoms with Crippen LogP contribution in [0.15, 0.2) is 35.2 Å². The predicted octanol–water partition coefficient (Wildman–Crippen LogP) is 4.89. The van der Waals surface area contributed by atoms with Gasteiger partial charge in [-0.15, -0.1) is 0 Å². The number of benzene rings is 2. The first-order chi connectivity index (χ1) is 14.9. The zero-order valence-corrected chi connectivity index (χ0v) is 19.2.